The van der Waals surface area contributed by atoms with E-state index in [1.54, 1.807) is 0 Å². The van der Waals surface area contributed by atoms with Gasteiger partial charge < -0.3 is 9.47 Å². The van der Waals surface area contributed by atoms with Gasteiger partial charge in [-0.25, -0.2) is 4.79 Å². The van der Waals surface area contributed by atoms with E-state index in [0.717, 1.165) is 31.0 Å². The van der Waals surface area contributed by atoms with E-state index in [1.807, 2.05) is 37.3 Å². The van der Waals surface area contributed by atoms with Crippen LogP contribution in [0.1, 0.15) is 77.1 Å². The first-order valence-electron chi connectivity index (χ1n) is 14.7. The first-order chi connectivity index (χ1) is 19.3. The largest absolute Gasteiger partial charge is 0.466 e. The maximum atomic E-state index is 13.9. The van der Waals surface area contributed by atoms with Crippen molar-refractivity contribution in [1.29, 1.82) is 0 Å². The van der Waals surface area contributed by atoms with Crippen molar-refractivity contribution in [3.05, 3.63) is 90.5 Å². The van der Waals surface area contributed by atoms with Crippen LogP contribution in [0, 0.1) is 17.8 Å². The van der Waals surface area contributed by atoms with Crippen molar-refractivity contribution in [3.8, 4) is 0 Å². The molecule has 0 radical (unpaired) electrons. The molecule has 0 amide bonds. The number of hydrogen-bond acceptors (Lipinski definition) is 4. The first-order valence-corrected chi connectivity index (χ1v) is 16.1. The molecule has 0 spiro atoms. The van der Waals surface area contributed by atoms with Crippen molar-refractivity contribution in [2.75, 3.05) is 6.61 Å². The standard InChI is InChI=1S/C35H45O4P/c1-6-8-17-28(25-33(36)38-7-2)24-27(5)34(26(3)4)39-35(37)31-22-15-16-23-32(31)40(29-18-11-9-12-19-29)30-20-13-10-14-21-30/h9-16,18-23,26-28,34H,6-8,17,24-25H2,1-5H3/t27-,28-,34-/m1/s1. The normalized spacial score (nSPS) is 13.6. The Morgan fingerprint density at radius 3 is 1.93 bits per heavy atom. The average molecular weight is 561 g/mol. The zero-order chi connectivity index (χ0) is 28.9. The van der Waals surface area contributed by atoms with Gasteiger partial charge in [-0.15, -0.1) is 0 Å². The second kappa shape index (κ2) is 16.3. The van der Waals surface area contributed by atoms with Gasteiger partial charge in [0, 0.05) is 6.42 Å². The number of carbonyl (C=O) groups is 2. The van der Waals surface area contributed by atoms with Crippen LogP contribution in [0.25, 0.3) is 0 Å². The molecule has 40 heavy (non-hydrogen) atoms. The SMILES string of the molecule is CCCC[C@@H](CC(=O)OCC)C[C@@H](C)[C@H](OC(=O)c1ccccc1P(c1ccccc1)c1ccccc1)C(C)C. The Morgan fingerprint density at radius 1 is 0.800 bits per heavy atom. The van der Waals surface area contributed by atoms with E-state index in [0.29, 0.717) is 18.6 Å². The van der Waals surface area contributed by atoms with Crippen LogP contribution in [0.2, 0.25) is 0 Å². The lowest BCUT2D eigenvalue weighted by Crippen LogP contribution is -2.34. The fourth-order valence-electron chi connectivity index (χ4n) is 5.43. The van der Waals surface area contributed by atoms with Crippen LogP contribution in [0.3, 0.4) is 0 Å². The van der Waals surface area contributed by atoms with Gasteiger partial charge in [0.2, 0.25) is 0 Å². The molecule has 3 rings (SSSR count). The Bertz CT molecular complexity index is 1140. The summed E-state index contributed by atoms with van der Waals surface area (Å²) in [5.41, 5.74) is 0.619. The molecule has 0 aliphatic rings. The third kappa shape index (κ3) is 9.03. The molecule has 3 atom stereocenters. The number of rotatable bonds is 15. The number of hydrogen-bond donors (Lipinski definition) is 0. The molecule has 0 saturated heterocycles. The Hall–Kier alpha value is -2.97. The predicted octanol–water partition coefficient (Wildman–Crippen LogP) is 7.41. The second-order valence-corrected chi connectivity index (χ2v) is 13.1. The van der Waals surface area contributed by atoms with E-state index in [-0.39, 0.29) is 35.8 Å². The summed E-state index contributed by atoms with van der Waals surface area (Å²) in [7, 11) is -0.942. The van der Waals surface area contributed by atoms with Crippen LogP contribution in [-0.2, 0) is 14.3 Å². The third-order valence-corrected chi connectivity index (χ3v) is 9.79. The van der Waals surface area contributed by atoms with Crippen molar-refractivity contribution < 1.29 is 19.1 Å². The zero-order valence-corrected chi connectivity index (χ0v) is 25.6. The molecule has 0 aliphatic carbocycles. The number of esters is 2. The highest BCUT2D eigenvalue weighted by Crippen LogP contribution is 2.35. The van der Waals surface area contributed by atoms with Crippen LogP contribution < -0.4 is 15.9 Å². The number of ether oxygens (including phenoxy) is 2. The fourth-order valence-corrected chi connectivity index (χ4v) is 7.87. The molecule has 0 heterocycles. The van der Waals surface area contributed by atoms with Crippen LogP contribution in [0.15, 0.2) is 84.9 Å². The lowest BCUT2D eigenvalue weighted by Gasteiger charge is -2.31. The summed E-state index contributed by atoms with van der Waals surface area (Å²) in [5.74, 6) is 0.0432. The molecule has 0 bridgehead atoms. The van der Waals surface area contributed by atoms with Crippen molar-refractivity contribution >= 4 is 35.8 Å². The first kappa shape index (κ1) is 31.6. The van der Waals surface area contributed by atoms with E-state index in [4.69, 9.17) is 9.47 Å². The molecule has 214 valence electrons. The topological polar surface area (TPSA) is 52.6 Å². The fraction of sp³-hybridized carbons (Fsp3) is 0.429. The molecule has 0 aliphatic heterocycles. The van der Waals surface area contributed by atoms with Gasteiger partial charge in [-0.2, -0.15) is 0 Å². The van der Waals surface area contributed by atoms with Crippen LogP contribution >= 0.6 is 7.92 Å². The van der Waals surface area contributed by atoms with Crippen LogP contribution in [0.4, 0.5) is 0 Å². The van der Waals surface area contributed by atoms with Gasteiger partial charge in [0.15, 0.2) is 0 Å². The second-order valence-electron chi connectivity index (χ2n) is 10.9. The highest BCUT2D eigenvalue weighted by molar-refractivity contribution is 7.80. The maximum Gasteiger partial charge on any atom is 0.339 e. The summed E-state index contributed by atoms with van der Waals surface area (Å²) in [6, 6.07) is 28.7. The van der Waals surface area contributed by atoms with Gasteiger partial charge in [-0.05, 0) is 67.4 Å². The monoisotopic (exact) mass is 560 g/mol. The molecule has 0 saturated carbocycles. The Labute approximate surface area is 242 Å². The van der Waals surface area contributed by atoms with Gasteiger partial charge in [0.25, 0.3) is 0 Å². The number of benzene rings is 3. The average Bonchev–Trinajstić information content (AvgIpc) is 2.96. The van der Waals surface area contributed by atoms with E-state index >= 15 is 0 Å². The van der Waals surface area contributed by atoms with E-state index in [2.05, 4.69) is 82.3 Å². The van der Waals surface area contributed by atoms with Crippen LogP contribution in [0.5, 0.6) is 0 Å². The minimum atomic E-state index is -0.942. The molecule has 0 N–H and O–H groups in total. The summed E-state index contributed by atoms with van der Waals surface area (Å²) in [6.45, 7) is 10.8. The summed E-state index contributed by atoms with van der Waals surface area (Å²) in [5, 5.41) is 3.38. The smallest absolute Gasteiger partial charge is 0.339 e. The number of unbranched alkanes of at least 4 members (excludes halogenated alkanes) is 1. The summed E-state index contributed by atoms with van der Waals surface area (Å²) in [6.07, 6.45) is 4.10. The summed E-state index contributed by atoms with van der Waals surface area (Å²) < 4.78 is 11.6. The quantitative estimate of drug-likeness (QED) is 0.143. The summed E-state index contributed by atoms with van der Waals surface area (Å²) in [4.78, 5) is 26.2. The highest BCUT2D eigenvalue weighted by atomic mass is 31.1. The molecule has 4 nitrogen and oxygen atoms in total. The maximum absolute atomic E-state index is 13.9. The van der Waals surface area contributed by atoms with Gasteiger partial charge in [-0.3, -0.25) is 4.79 Å². The van der Waals surface area contributed by atoms with E-state index < -0.39 is 7.92 Å². The molecular formula is C35H45O4P. The Balaban J connectivity index is 1.87. The third-order valence-electron chi connectivity index (χ3n) is 7.29. The number of carbonyl (C=O) groups excluding carboxylic acids is 2. The molecule has 0 aromatic heterocycles. The molecule has 3 aromatic carbocycles. The lowest BCUT2D eigenvalue weighted by molar-refractivity contribution is -0.144. The highest BCUT2D eigenvalue weighted by Gasteiger charge is 2.30. The molecule has 3 aromatic rings. The van der Waals surface area contributed by atoms with Gasteiger partial charge in [0.05, 0.1) is 12.2 Å². The van der Waals surface area contributed by atoms with Crippen molar-refractivity contribution in [1.82, 2.24) is 0 Å². The molecular weight excluding hydrogens is 515 g/mol. The zero-order valence-electron chi connectivity index (χ0n) is 24.7. The van der Waals surface area contributed by atoms with Crippen molar-refractivity contribution in [2.24, 2.45) is 17.8 Å². The molecule has 0 fully saturated rings. The van der Waals surface area contributed by atoms with Crippen LogP contribution in [-0.4, -0.2) is 24.6 Å². The van der Waals surface area contributed by atoms with Crippen molar-refractivity contribution in [3.63, 3.8) is 0 Å². The van der Waals surface area contributed by atoms with Gasteiger partial charge >= 0.3 is 11.9 Å². The Morgan fingerprint density at radius 2 is 1.38 bits per heavy atom. The van der Waals surface area contributed by atoms with Gasteiger partial charge in [0.1, 0.15) is 6.10 Å². The van der Waals surface area contributed by atoms with Crippen molar-refractivity contribution in [2.45, 2.75) is 72.8 Å². The van der Waals surface area contributed by atoms with Gasteiger partial charge in [-0.1, -0.05) is 119 Å². The van der Waals surface area contributed by atoms with E-state index in [1.165, 1.54) is 10.6 Å². The minimum Gasteiger partial charge on any atom is -0.466 e. The lowest BCUT2D eigenvalue weighted by atomic mass is 9.83. The Kier molecular flexibility index (Phi) is 12.9. The predicted molar refractivity (Wildman–Crippen MR) is 167 cm³/mol. The molecule has 5 heteroatoms. The van der Waals surface area contributed by atoms with E-state index in [9.17, 15) is 9.59 Å². The molecule has 0 unspecified atom stereocenters. The minimum absolute atomic E-state index is 0.108. The summed E-state index contributed by atoms with van der Waals surface area (Å²) >= 11 is 0.